The van der Waals surface area contributed by atoms with Gasteiger partial charge in [0.1, 0.15) is 0 Å². The molecule has 0 radical (unpaired) electrons. The molecule has 0 saturated carbocycles. The van der Waals surface area contributed by atoms with Crippen molar-refractivity contribution in [3.05, 3.63) is 29.3 Å². The van der Waals surface area contributed by atoms with Crippen molar-refractivity contribution in [2.45, 2.75) is 37.8 Å². The molecule has 0 aromatic heterocycles. The smallest absolute Gasteiger partial charge is 0.303 e. The van der Waals surface area contributed by atoms with Gasteiger partial charge in [-0.25, -0.2) is 0 Å². The zero-order chi connectivity index (χ0) is 13.8. The van der Waals surface area contributed by atoms with Crippen molar-refractivity contribution >= 4 is 11.7 Å². The van der Waals surface area contributed by atoms with E-state index in [-0.39, 0.29) is 12.5 Å². The number of rotatable bonds is 5. The van der Waals surface area contributed by atoms with Gasteiger partial charge in [-0.2, -0.15) is 0 Å². The number of carbonyl (C=O) groups is 1. The summed E-state index contributed by atoms with van der Waals surface area (Å²) in [6.07, 6.45) is 1.91. The van der Waals surface area contributed by atoms with Gasteiger partial charge in [0.15, 0.2) is 0 Å². The normalized spacial score (nSPS) is 21.9. The minimum Gasteiger partial charge on any atom is -0.481 e. The van der Waals surface area contributed by atoms with Crippen LogP contribution in [0.5, 0.6) is 0 Å². The number of fused-ring (bicyclic) bond motifs is 1. The summed E-state index contributed by atoms with van der Waals surface area (Å²) in [6.45, 7) is 0.609. The minimum absolute atomic E-state index is 0.00933. The fraction of sp³-hybridized carbons (Fsp3) is 0.500. The fourth-order valence-electron chi connectivity index (χ4n) is 2.56. The van der Waals surface area contributed by atoms with E-state index in [0.717, 1.165) is 29.7 Å². The highest BCUT2D eigenvalue weighted by Gasteiger charge is 2.27. The van der Waals surface area contributed by atoms with E-state index >= 15 is 0 Å². The van der Waals surface area contributed by atoms with Gasteiger partial charge < -0.3 is 21.3 Å². The number of anilines is 1. The Hall–Kier alpha value is -1.59. The number of nitrogen functional groups attached to an aromatic ring is 1. The van der Waals surface area contributed by atoms with Crippen LogP contribution in [0.15, 0.2) is 18.2 Å². The van der Waals surface area contributed by atoms with Gasteiger partial charge in [-0.3, -0.25) is 4.79 Å². The van der Waals surface area contributed by atoms with Crippen LogP contribution in [0, 0.1) is 0 Å². The van der Waals surface area contributed by atoms with Crippen molar-refractivity contribution in [1.29, 1.82) is 0 Å². The molecule has 5 heteroatoms. The Kier molecular flexibility index (Phi) is 4.39. The van der Waals surface area contributed by atoms with Crippen molar-refractivity contribution in [1.82, 2.24) is 5.32 Å². The second-order valence-electron chi connectivity index (χ2n) is 5.00. The van der Waals surface area contributed by atoms with Crippen molar-refractivity contribution in [3.8, 4) is 0 Å². The molecule has 2 rings (SSSR count). The number of aliphatic carboxylic acids is 1. The maximum atomic E-state index is 10.4. The van der Waals surface area contributed by atoms with Crippen LogP contribution in [-0.2, 0) is 11.2 Å². The van der Waals surface area contributed by atoms with E-state index in [1.54, 1.807) is 6.07 Å². The van der Waals surface area contributed by atoms with Gasteiger partial charge in [0.25, 0.3) is 0 Å². The number of carboxylic acids is 1. The zero-order valence-electron chi connectivity index (χ0n) is 10.8. The third-order valence-electron chi connectivity index (χ3n) is 3.57. The molecule has 2 unspecified atom stereocenters. The summed E-state index contributed by atoms with van der Waals surface area (Å²) in [4.78, 5) is 10.4. The first-order valence-corrected chi connectivity index (χ1v) is 6.59. The maximum absolute atomic E-state index is 10.4. The van der Waals surface area contributed by atoms with E-state index in [4.69, 9.17) is 10.8 Å². The molecule has 2 atom stereocenters. The summed E-state index contributed by atoms with van der Waals surface area (Å²) >= 11 is 0. The molecule has 0 aliphatic heterocycles. The maximum Gasteiger partial charge on any atom is 0.303 e. The Labute approximate surface area is 112 Å². The second kappa shape index (κ2) is 6.04. The van der Waals surface area contributed by atoms with Crippen molar-refractivity contribution < 1.29 is 15.0 Å². The lowest BCUT2D eigenvalue weighted by molar-refractivity contribution is -0.137. The standard InChI is InChI=1S/C14H20N2O3/c15-10-4-5-11-9(8-10)3-6-12(14(11)19)16-7-1-2-13(17)18/h4-5,8,12,14,16,19H,1-3,6-7,15H2,(H,17,18). The molecule has 0 heterocycles. The van der Waals surface area contributed by atoms with Crippen molar-refractivity contribution in [3.63, 3.8) is 0 Å². The molecule has 1 aromatic rings. The van der Waals surface area contributed by atoms with E-state index in [0.29, 0.717) is 13.0 Å². The molecule has 0 spiro atoms. The average Bonchev–Trinajstić information content (AvgIpc) is 2.36. The van der Waals surface area contributed by atoms with Gasteiger partial charge in [-0.15, -0.1) is 0 Å². The van der Waals surface area contributed by atoms with Crippen LogP contribution in [0.1, 0.15) is 36.5 Å². The van der Waals surface area contributed by atoms with Gasteiger partial charge in [0.2, 0.25) is 0 Å². The number of aliphatic hydroxyl groups excluding tert-OH is 1. The molecule has 1 aliphatic rings. The van der Waals surface area contributed by atoms with E-state index in [2.05, 4.69) is 5.32 Å². The highest BCUT2D eigenvalue weighted by Crippen LogP contribution is 2.31. The van der Waals surface area contributed by atoms with E-state index in [9.17, 15) is 9.90 Å². The molecule has 0 fully saturated rings. The molecular formula is C14H20N2O3. The molecule has 0 bridgehead atoms. The van der Waals surface area contributed by atoms with E-state index < -0.39 is 12.1 Å². The fourth-order valence-corrected chi connectivity index (χ4v) is 2.56. The molecule has 5 N–H and O–H groups in total. The Morgan fingerprint density at radius 1 is 1.47 bits per heavy atom. The number of hydrogen-bond acceptors (Lipinski definition) is 4. The van der Waals surface area contributed by atoms with Crippen LogP contribution in [0.4, 0.5) is 5.69 Å². The lowest BCUT2D eigenvalue weighted by Crippen LogP contribution is -2.39. The number of benzene rings is 1. The lowest BCUT2D eigenvalue weighted by atomic mass is 9.85. The summed E-state index contributed by atoms with van der Waals surface area (Å²) in [5.41, 5.74) is 8.49. The number of aliphatic hydroxyl groups is 1. The Bertz CT molecular complexity index is 462. The largest absolute Gasteiger partial charge is 0.481 e. The molecule has 0 saturated heterocycles. The first kappa shape index (κ1) is 13.8. The average molecular weight is 264 g/mol. The number of aryl methyl sites for hydroxylation is 1. The first-order valence-electron chi connectivity index (χ1n) is 6.59. The van der Waals surface area contributed by atoms with Gasteiger partial charge in [-0.05, 0) is 49.1 Å². The highest BCUT2D eigenvalue weighted by atomic mass is 16.4. The Morgan fingerprint density at radius 3 is 3.00 bits per heavy atom. The van der Waals surface area contributed by atoms with E-state index in [1.807, 2.05) is 12.1 Å². The predicted molar refractivity (Wildman–Crippen MR) is 72.8 cm³/mol. The number of nitrogens with two attached hydrogens (primary N) is 1. The molecule has 5 nitrogen and oxygen atoms in total. The predicted octanol–water partition coefficient (Wildman–Crippen LogP) is 1.07. The summed E-state index contributed by atoms with van der Waals surface area (Å²) in [7, 11) is 0. The molecule has 0 amide bonds. The summed E-state index contributed by atoms with van der Waals surface area (Å²) in [5.74, 6) is -0.785. The topological polar surface area (TPSA) is 95.6 Å². The van der Waals surface area contributed by atoms with E-state index in [1.165, 1.54) is 0 Å². The SMILES string of the molecule is Nc1ccc2c(c1)CCC(NCCCC(=O)O)C2O. The highest BCUT2D eigenvalue weighted by molar-refractivity contribution is 5.66. The third-order valence-corrected chi connectivity index (χ3v) is 3.57. The van der Waals surface area contributed by atoms with Crippen LogP contribution >= 0.6 is 0 Å². The number of carboxylic acid groups (broad SMARTS) is 1. The summed E-state index contributed by atoms with van der Waals surface area (Å²) in [5, 5.41) is 22.1. The monoisotopic (exact) mass is 264 g/mol. The minimum atomic E-state index is -0.785. The Balaban J connectivity index is 1.92. The Morgan fingerprint density at radius 2 is 2.26 bits per heavy atom. The molecule has 1 aliphatic carbocycles. The quantitative estimate of drug-likeness (QED) is 0.471. The van der Waals surface area contributed by atoms with Crippen LogP contribution < -0.4 is 11.1 Å². The van der Waals surface area contributed by atoms with Gasteiger partial charge in [-0.1, -0.05) is 6.07 Å². The summed E-state index contributed by atoms with van der Waals surface area (Å²) in [6, 6.07) is 5.58. The van der Waals surface area contributed by atoms with Gasteiger partial charge in [0.05, 0.1) is 6.10 Å². The second-order valence-corrected chi connectivity index (χ2v) is 5.00. The summed E-state index contributed by atoms with van der Waals surface area (Å²) < 4.78 is 0. The molecular weight excluding hydrogens is 244 g/mol. The van der Waals surface area contributed by atoms with Crippen molar-refractivity contribution in [2.24, 2.45) is 0 Å². The third kappa shape index (κ3) is 3.45. The van der Waals surface area contributed by atoms with Crippen LogP contribution in [0.3, 0.4) is 0 Å². The molecule has 1 aromatic carbocycles. The molecule has 104 valence electrons. The first-order chi connectivity index (χ1) is 9.08. The van der Waals surface area contributed by atoms with Crippen LogP contribution in [0.2, 0.25) is 0 Å². The van der Waals surface area contributed by atoms with Gasteiger partial charge in [0, 0.05) is 18.2 Å². The number of hydrogen-bond donors (Lipinski definition) is 4. The van der Waals surface area contributed by atoms with Gasteiger partial charge >= 0.3 is 5.97 Å². The molecule has 19 heavy (non-hydrogen) atoms. The van der Waals surface area contributed by atoms with Crippen molar-refractivity contribution in [2.75, 3.05) is 12.3 Å². The number of nitrogens with one attached hydrogen (secondary N) is 1. The van der Waals surface area contributed by atoms with Crippen LogP contribution in [0.25, 0.3) is 0 Å². The lowest BCUT2D eigenvalue weighted by Gasteiger charge is -2.31. The van der Waals surface area contributed by atoms with Crippen LogP contribution in [-0.4, -0.2) is 28.8 Å². The zero-order valence-corrected chi connectivity index (χ0v) is 10.8.